The fourth-order valence-corrected chi connectivity index (χ4v) is 3.40. The molecule has 0 fully saturated rings. The van der Waals surface area contributed by atoms with Gasteiger partial charge in [-0.15, -0.1) is 11.3 Å². The molecular formula is C13H10BrCl2NOS. The maximum Gasteiger partial charge on any atom is 0.258 e. The van der Waals surface area contributed by atoms with Gasteiger partial charge in [0.2, 0.25) is 0 Å². The Morgan fingerprint density at radius 2 is 1.79 bits per heavy atom. The molecule has 6 heteroatoms. The molecular weight excluding hydrogens is 369 g/mol. The molecule has 0 aliphatic heterocycles. The SMILES string of the molecule is Cc1cc(NC(=O)c2cc(Cl)sc2Cl)cc(C)c1Br. The number of carbonyl (C=O) groups is 1. The highest BCUT2D eigenvalue weighted by atomic mass is 79.9. The summed E-state index contributed by atoms with van der Waals surface area (Å²) in [5.41, 5.74) is 3.26. The molecule has 100 valence electrons. The van der Waals surface area contributed by atoms with Crippen LogP contribution >= 0.6 is 50.5 Å². The van der Waals surface area contributed by atoms with Gasteiger partial charge in [0.25, 0.3) is 5.91 Å². The van der Waals surface area contributed by atoms with Crippen molar-refractivity contribution in [2.24, 2.45) is 0 Å². The second-order valence-electron chi connectivity index (χ2n) is 4.12. The summed E-state index contributed by atoms with van der Waals surface area (Å²) in [4.78, 5) is 12.1. The maximum absolute atomic E-state index is 12.1. The topological polar surface area (TPSA) is 29.1 Å². The van der Waals surface area contributed by atoms with Crippen LogP contribution < -0.4 is 5.32 Å². The lowest BCUT2D eigenvalue weighted by Crippen LogP contribution is -2.11. The average Bonchev–Trinajstić information content (AvgIpc) is 2.65. The van der Waals surface area contributed by atoms with E-state index in [0.717, 1.165) is 21.3 Å². The minimum Gasteiger partial charge on any atom is -0.322 e. The molecule has 0 atom stereocenters. The smallest absolute Gasteiger partial charge is 0.258 e. The summed E-state index contributed by atoms with van der Waals surface area (Å²) in [7, 11) is 0. The largest absolute Gasteiger partial charge is 0.322 e. The van der Waals surface area contributed by atoms with E-state index in [9.17, 15) is 4.79 Å². The number of aryl methyl sites for hydroxylation is 2. The zero-order valence-corrected chi connectivity index (χ0v) is 14.1. The number of nitrogens with one attached hydrogen (secondary N) is 1. The molecule has 1 N–H and O–H groups in total. The molecule has 2 nitrogen and oxygen atoms in total. The minimum atomic E-state index is -0.255. The van der Waals surface area contributed by atoms with Crippen molar-refractivity contribution in [2.75, 3.05) is 5.32 Å². The quantitative estimate of drug-likeness (QED) is 0.714. The summed E-state index contributed by atoms with van der Waals surface area (Å²) in [6, 6.07) is 5.37. The molecule has 0 unspecified atom stereocenters. The second-order valence-corrected chi connectivity index (χ2v) is 7.19. The van der Waals surface area contributed by atoms with Gasteiger partial charge in [0.05, 0.1) is 9.90 Å². The molecule has 1 aromatic heterocycles. The van der Waals surface area contributed by atoms with E-state index in [1.165, 1.54) is 11.3 Å². The first-order valence-corrected chi connectivity index (χ1v) is 7.78. The molecule has 1 heterocycles. The highest BCUT2D eigenvalue weighted by Gasteiger charge is 2.15. The molecule has 0 bridgehead atoms. The standard InChI is InChI=1S/C13H10BrCl2NOS/c1-6-3-8(4-7(2)11(6)14)17-13(18)9-5-10(15)19-12(9)16/h3-5H,1-2H3,(H,17,18). The van der Waals surface area contributed by atoms with Gasteiger partial charge in [-0.3, -0.25) is 4.79 Å². The molecule has 0 aliphatic rings. The predicted molar refractivity (Wildman–Crippen MR) is 85.9 cm³/mol. The number of amides is 1. The van der Waals surface area contributed by atoms with E-state index < -0.39 is 0 Å². The van der Waals surface area contributed by atoms with Crippen molar-refractivity contribution in [3.05, 3.63) is 48.0 Å². The molecule has 0 saturated carbocycles. The van der Waals surface area contributed by atoms with Crippen LogP contribution in [0.25, 0.3) is 0 Å². The lowest BCUT2D eigenvalue weighted by Gasteiger charge is -2.09. The summed E-state index contributed by atoms with van der Waals surface area (Å²) < 4.78 is 1.94. The maximum atomic E-state index is 12.1. The van der Waals surface area contributed by atoms with Crippen LogP contribution in [0.4, 0.5) is 5.69 Å². The Kier molecular flexibility index (Phi) is 4.56. The van der Waals surface area contributed by atoms with Crippen LogP contribution in [0.2, 0.25) is 8.67 Å². The van der Waals surface area contributed by atoms with Crippen molar-refractivity contribution in [3.63, 3.8) is 0 Å². The van der Waals surface area contributed by atoms with E-state index in [1.807, 2.05) is 26.0 Å². The first-order chi connectivity index (χ1) is 8.88. The van der Waals surface area contributed by atoms with Gasteiger partial charge in [-0.2, -0.15) is 0 Å². The highest BCUT2D eigenvalue weighted by Crippen LogP contribution is 2.32. The number of rotatable bonds is 2. The van der Waals surface area contributed by atoms with Crippen molar-refractivity contribution in [2.45, 2.75) is 13.8 Å². The van der Waals surface area contributed by atoms with Gasteiger partial charge in [-0.05, 0) is 43.2 Å². The van der Waals surface area contributed by atoms with Gasteiger partial charge in [-0.25, -0.2) is 0 Å². The van der Waals surface area contributed by atoms with E-state index >= 15 is 0 Å². The summed E-state index contributed by atoms with van der Waals surface area (Å²) in [5.74, 6) is -0.255. The number of hydrogen-bond donors (Lipinski definition) is 1. The number of carbonyl (C=O) groups excluding carboxylic acids is 1. The molecule has 1 aromatic carbocycles. The molecule has 0 radical (unpaired) electrons. The molecule has 2 rings (SSSR count). The lowest BCUT2D eigenvalue weighted by atomic mass is 10.1. The van der Waals surface area contributed by atoms with Gasteiger partial charge in [0, 0.05) is 10.2 Å². The molecule has 2 aromatic rings. The van der Waals surface area contributed by atoms with Crippen LogP contribution in [-0.2, 0) is 0 Å². The van der Waals surface area contributed by atoms with Gasteiger partial charge in [0.15, 0.2) is 0 Å². The van der Waals surface area contributed by atoms with E-state index in [4.69, 9.17) is 23.2 Å². The summed E-state index contributed by atoms with van der Waals surface area (Å²) >= 11 is 16.5. The Balaban J connectivity index is 2.27. The fraction of sp³-hybridized carbons (Fsp3) is 0.154. The molecule has 1 amide bonds. The van der Waals surface area contributed by atoms with Crippen LogP contribution in [0.1, 0.15) is 21.5 Å². The van der Waals surface area contributed by atoms with Crippen LogP contribution in [0.5, 0.6) is 0 Å². The van der Waals surface area contributed by atoms with Crippen molar-refractivity contribution >= 4 is 62.1 Å². The summed E-state index contributed by atoms with van der Waals surface area (Å²) in [6.45, 7) is 3.95. The van der Waals surface area contributed by atoms with Crippen LogP contribution in [0.15, 0.2) is 22.7 Å². The van der Waals surface area contributed by atoms with Crippen LogP contribution in [0.3, 0.4) is 0 Å². The van der Waals surface area contributed by atoms with Crippen molar-refractivity contribution in [1.29, 1.82) is 0 Å². The Morgan fingerprint density at radius 1 is 1.21 bits per heavy atom. The molecule has 0 saturated heterocycles. The highest BCUT2D eigenvalue weighted by molar-refractivity contribution is 9.10. The first-order valence-electron chi connectivity index (χ1n) is 5.41. The lowest BCUT2D eigenvalue weighted by molar-refractivity contribution is 0.102. The number of thiophene rings is 1. The van der Waals surface area contributed by atoms with Gasteiger partial charge in [-0.1, -0.05) is 39.1 Å². The first kappa shape index (κ1) is 14.9. The Bertz CT molecular complexity index is 631. The monoisotopic (exact) mass is 377 g/mol. The Morgan fingerprint density at radius 3 is 2.26 bits per heavy atom. The van der Waals surface area contributed by atoms with Crippen LogP contribution in [-0.4, -0.2) is 5.91 Å². The number of benzene rings is 1. The van der Waals surface area contributed by atoms with E-state index in [1.54, 1.807) is 6.07 Å². The second kappa shape index (κ2) is 5.83. The molecule has 19 heavy (non-hydrogen) atoms. The van der Waals surface area contributed by atoms with E-state index in [2.05, 4.69) is 21.2 Å². The third-order valence-electron chi connectivity index (χ3n) is 2.60. The van der Waals surface area contributed by atoms with Gasteiger partial charge in [0.1, 0.15) is 4.34 Å². The van der Waals surface area contributed by atoms with Gasteiger partial charge >= 0.3 is 0 Å². The third-order valence-corrected chi connectivity index (χ3v) is 5.33. The normalized spacial score (nSPS) is 10.6. The predicted octanol–water partition coefficient (Wildman–Crippen LogP) is 5.69. The minimum absolute atomic E-state index is 0.255. The van der Waals surface area contributed by atoms with E-state index in [-0.39, 0.29) is 5.91 Å². The summed E-state index contributed by atoms with van der Waals surface area (Å²) in [6.07, 6.45) is 0. The molecule has 0 spiro atoms. The molecule has 0 aliphatic carbocycles. The Labute approximate surface area is 133 Å². The van der Waals surface area contributed by atoms with Gasteiger partial charge < -0.3 is 5.32 Å². The van der Waals surface area contributed by atoms with Crippen molar-refractivity contribution in [3.8, 4) is 0 Å². The average molecular weight is 379 g/mol. The van der Waals surface area contributed by atoms with Crippen LogP contribution in [0, 0.1) is 13.8 Å². The fourth-order valence-electron chi connectivity index (χ4n) is 1.71. The van der Waals surface area contributed by atoms with Crippen molar-refractivity contribution < 1.29 is 4.79 Å². The zero-order valence-electron chi connectivity index (χ0n) is 10.2. The zero-order chi connectivity index (χ0) is 14.2. The number of anilines is 1. The number of hydrogen-bond acceptors (Lipinski definition) is 2. The number of halogens is 3. The third kappa shape index (κ3) is 3.31. The summed E-state index contributed by atoms with van der Waals surface area (Å²) in [5, 5.41) is 2.83. The Hall–Kier alpha value is -0.550. The van der Waals surface area contributed by atoms with Crippen molar-refractivity contribution in [1.82, 2.24) is 0 Å². The van der Waals surface area contributed by atoms with E-state index in [0.29, 0.717) is 14.2 Å².